The van der Waals surface area contributed by atoms with E-state index in [0.717, 1.165) is 5.56 Å². The minimum Gasteiger partial charge on any atom is -0.449 e. The van der Waals surface area contributed by atoms with Crippen molar-refractivity contribution in [2.45, 2.75) is 32.3 Å². The second-order valence-corrected chi connectivity index (χ2v) is 6.84. The number of esters is 1. The summed E-state index contributed by atoms with van der Waals surface area (Å²) in [4.78, 5) is 26.0. The first-order valence-corrected chi connectivity index (χ1v) is 7.94. The normalized spacial score (nSPS) is 21.3. The maximum Gasteiger partial charge on any atom is 0.410 e. The van der Waals surface area contributed by atoms with Crippen molar-refractivity contribution in [1.29, 1.82) is 0 Å². The molecule has 2 atom stereocenters. The van der Waals surface area contributed by atoms with Crippen LogP contribution in [0.2, 0.25) is 0 Å². The van der Waals surface area contributed by atoms with Crippen molar-refractivity contribution in [2.75, 3.05) is 19.2 Å². The lowest BCUT2D eigenvalue weighted by Crippen LogP contribution is -2.36. The molecule has 2 unspecified atom stereocenters. The molecule has 0 aromatic carbocycles. The summed E-state index contributed by atoms with van der Waals surface area (Å²) in [7, 11) is 1.80. The Labute approximate surface area is 140 Å². The van der Waals surface area contributed by atoms with Crippen LogP contribution in [0.1, 0.15) is 32.3 Å². The lowest BCUT2D eigenvalue weighted by molar-refractivity contribution is -0.146. The zero-order valence-electron chi connectivity index (χ0n) is 13.8. The van der Waals surface area contributed by atoms with Crippen molar-refractivity contribution < 1.29 is 19.1 Å². The second kappa shape index (κ2) is 6.78. The largest absolute Gasteiger partial charge is 0.449 e. The van der Waals surface area contributed by atoms with Crippen LogP contribution in [0.25, 0.3) is 0 Å². The van der Waals surface area contributed by atoms with Crippen LogP contribution >= 0.6 is 11.6 Å². The number of carbonyl (C=O) groups is 2. The summed E-state index contributed by atoms with van der Waals surface area (Å²) in [6.45, 7) is 6.03. The van der Waals surface area contributed by atoms with E-state index < -0.39 is 23.6 Å². The molecular formula is C15H22ClN3O4. The minimum absolute atomic E-state index is 0.188. The fraction of sp³-hybridized carbons (Fsp3) is 0.667. The number of aromatic nitrogens is 2. The SMILES string of the molecule is Cn1cc(C2CN(C(=O)OC(C)(C)C)CC2C(=O)OCCl)cn1. The molecule has 2 rings (SSSR count). The Bertz CT molecular complexity index is 582. The lowest BCUT2D eigenvalue weighted by atomic mass is 9.91. The number of amides is 1. The first-order chi connectivity index (χ1) is 10.7. The summed E-state index contributed by atoms with van der Waals surface area (Å²) in [5.74, 6) is -1.09. The number of hydrogen-bond donors (Lipinski definition) is 0. The highest BCUT2D eigenvalue weighted by atomic mass is 35.5. The molecule has 1 aliphatic rings. The Kier molecular flexibility index (Phi) is 5.19. The van der Waals surface area contributed by atoms with Crippen LogP contribution in [-0.2, 0) is 21.3 Å². The molecule has 1 fully saturated rings. The third-order valence-electron chi connectivity index (χ3n) is 3.62. The Hall–Kier alpha value is -1.76. The van der Waals surface area contributed by atoms with E-state index >= 15 is 0 Å². The standard InChI is InChI=1S/C15H22ClN3O4/c1-15(2,3)23-14(21)19-7-11(10-5-17-18(4)6-10)12(8-19)13(20)22-9-16/h5-6,11-12H,7-9H2,1-4H3. The van der Waals surface area contributed by atoms with Gasteiger partial charge in [-0.1, -0.05) is 11.6 Å². The van der Waals surface area contributed by atoms with Gasteiger partial charge in [0.2, 0.25) is 0 Å². The molecule has 23 heavy (non-hydrogen) atoms. The van der Waals surface area contributed by atoms with Crippen LogP contribution in [0, 0.1) is 5.92 Å². The highest BCUT2D eigenvalue weighted by Gasteiger charge is 2.43. The van der Waals surface area contributed by atoms with Gasteiger partial charge in [0.25, 0.3) is 0 Å². The van der Waals surface area contributed by atoms with Crippen molar-refractivity contribution in [3.8, 4) is 0 Å². The summed E-state index contributed by atoms with van der Waals surface area (Å²) >= 11 is 5.49. The molecule has 0 N–H and O–H groups in total. The molecule has 7 nitrogen and oxygen atoms in total. The molecule has 1 aliphatic heterocycles. The quantitative estimate of drug-likeness (QED) is 0.620. The van der Waals surface area contributed by atoms with Crippen LogP contribution in [0.3, 0.4) is 0 Å². The number of alkyl halides is 1. The van der Waals surface area contributed by atoms with E-state index in [2.05, 4.69) is 5.10 Å². The van der Waals surface area contributed by atoms with Gasteiger partial charge in [0, 0.05) is 32.3 Å². The Balaban J connectivity index is 2.18. The van der Waals surface area contributed by atoms with Crippen molar-refractivity contribution in [3.05, 3.63) is 18.0 Å². The number of carbonyl (C=O) groups excluding carboxylic acids is 2. The van der Waals surface area contributed by atoms with E-state index in [4.69, 9.17) is 21.1 Å². The highest BCUT2D eigenvalue weighted by Crippen LogP contribution is 2.34. The molecule has 0 saturated carbocycles. The van der Waals surface area contributed by atoms with Crippen molar-refractivity contribution >= 4 is 23.7 Å². The Morgan fingerprint density at radius 3 is 2.61 bits per heavy atom. The van der Waals surface area contributed by atoms with Crippen LogP contribution in [0.4, 0.5) is 4.79 Å². The second-order valence-electron chi connectivity index (χ2n) is 6.62. The molecule has 1 aromatic rings. The molecule has 128 valence electrons. The van der Waals surface area contributed by atoms with Crippen LogP contribution < -0.4 is 0 Å². The number of nitrogens with zero attached hydrogens (tertiary/aromatic N) is 3. The van der Waals surface area contributed by atoms with Crippen molar-refractivity contribution in [2.24, 2.45) is 13.0 Å². The van der Waals surface area contributed by atoms with Gasteiger partial charge in [-0.15, -0.1) is 0 Å². The molecule has 2 heterocycles. The molecule has 8 heteroatoms. The number of ether oxygens (including phenoxy) is 2. The topological polar surface area (TPSA) is 73.7 Å². The number of hydrogen-bond acceptors (Lipinski definition) is 5. The predicted octanol–water partition coefficient (Wildman–Crippen LogP) is 2.11. The molecule has 1 saturated heterocycles. The summed E-state index contributed by atoms with van der Waals surface area (Å²) in [5, 5.41) is 4.13. The molecule has 0 aliphatic carbocycles. The van der Waals surface area contributed by atoms with Crippen LogP contribution in [0.15, 0.2) is 12.4 Å². The Morgan fingerprint density at radius 1 is 1.39 bits per heavy atom. The first kappa shape index (κ1) is 17.6. The molecule has 1 aromatic heterocycles. The summed E-state index contributed by atoms with van der Waals surface area (Å²) in [5.41, 5.74) is 0.297. The first-order valence-electron chi connectivity index (χ1n) is 7.40. The molecule has 0 bridgehead atoms. The van der Waals surface area contributed by atoms with Crippen LogP contribution in [-0.4, -0.2) is 51.5 Å². The number of halogens is 1. The van der Waals surface area contributed by atoms with Gasteiger partial charge >= 0.3 is 12.1 Å². The van der Waals surface area contributed by atoms with E-state index in [9.17, 15) is 9.59 Å². The number of rotatable bonds is 3. The van der Waals surface area contributed by atoms with E-state index in [-0.39, 0.29) is 18.5 Å². The molecule has 1 amide bonds. The van der Waals surface area contributed by atoms with Gasteiger partial charge in [0.1, 0.15) is 5.60 Å². The molecule has 0 radical (unpaired) electrons. The summed E-state index contributed by atoms with van der Waals surface area (Å²) in [6, 6.07) is -0.207. The van der Waals surface area contributed by atoms with Gasteiger partial charge in [-0.25, -0.2) is 4.79 Å². The fourth-order valence-corrected chi connectivity index (χ4v) is 2.76. The lowest BCUT2D eigenvalue weighted by Gasteiger charge is -2.24. The zero-order valence-corrected chi connectivity index (χ0v) is 14.5. The summed E-state index contributed by atoms with van der Waals surface area (Å²) < 4.78 is 12.0. The maximum absolute atomic E-state index is 12.3. The number of likely N-dealkylation sites (tertiary alicyclic amines) is 1. The predicted molar refractivity (Wildman–Crippen MR) is 84.1 cm³/mol. The van der Waals surface area contributed by atoms with E-state index in [1.807, 2.05) is 6.20 Å². The third-order valence-corrected chi connectivity index (χ3v) is 3.73. The average Bonchev–Trinajstić information content (AvgIpc) is 3.02. The maximum atomic E-state index is 12.3. The van der Waals surface area contributed by atoms with Gasteiger partial charge in [0.05, 0.1) is 12.1 Å². The third kappa shape index (κ3) is 4.37. The van der Waals surface area contributed by atoms with Gasteiger partial charge in [0.15, 0.2) is 6.07 Å². The number of aryl methyl sites for hydroxylation is 1. The van der Waals surface area contributed by atoms with Gasteiger partial charge < -0.3 is 14.4 Å². The minimum atomic E-state index is -0.588. The van der Waals surface area contributed by atoms with Crippen molar-refractivity contribution in [1.82, 2.24) is 14.7 Å². The zero-order chi connectivity index (χ0) is 17.2. The van der Waals surface area contributed by atoms with Gasteiger partial charge in [-0.3, -0.25) is 9.48 Å². The van der Waals surface area contributed by atoms with E-state index in [1.165, 1.54) is 4.90 Å². The fourth-order valence-electron chi connectivity index (χ4n) is 2.65. The van der Waals surface area contributed by atoms with Crippen molar-refractivity contribution in [3.63, 3.8) is 0 Å². The van der Waals surface area contributed by atoms with Crippen LogP contribution in [0.5, 0.6) is 0 Å². The van der Waals surface area contributed by atoms with E-state index in [0.29, 0.717) is 6.54 Å². The summed E-state index contributed by atoms with van der Waals surface area (Å²) in [6.07, 6.45) is 3.10. The molecule has 0 spiro atoms. The van der Waals surface area contributed by atoms with Gasteiger partial charge in [-0.05, 0) is 26.3 Å². The van der Waals surface area contributed by atoms with Gasteiger partial charge in [-0.2, -0.15) is 5.10 Å². The average molecular weight is 344 g/mol. The smallest absolute Gasteiger partial charge is 0.410 e. The molecular weight excluding hydrogens is 322 g/mol. The highest BCUT2D eigenvalue weighted by molar-refractivity contribution is 6.17. The monoisotopic (exact) mass is 343 g/mol. The van der Waals surface area contributed by atoms with E-state index in [1.54, 1.807) is 38.7 Å². The Morgan fingerprint density at radius 2 is 2.09 bits per heavy atom.